The lowest BCUT2D eigenvalue weighted by Crippen LogP contribution is -2.11. The Morgan fingerprint density at radius 2 is 1.92 bits per heavy atom. The first-order valence-corrected chi connectivity index (χ1v) is 8.70. The van der Waals surface area contributed by atoms with Gasteiger partial charge in [-0.2, -0.15) is 0 Å². The van der Waals surface area contributed by atoms with Crippen LogP contribution in [-0.4, -0.2) is 18.0 Å². The van der Waals surface area contributed by atoms with Crippen LogP contribution >= 0.6 is 22.9 Å². The fourth-order valence-electron chi connectivity index (χ4n) is 2.24. The molecule has 2 aromatic carbocycles. The van der Waals surface area contributed by atoms with Crippen LogP contribution in [0.3, 0.4) is 0 Å². The second-order valence-electron chi connectivity index (χ2n) is 5.23. The quantitative estimate of drug-likeness (QED) is 0.652. The summed E-state index contributed by atoms with van der Waals surface area (Å²) in [6.45, 7) is 1.81. The molecule has 1 amide bonds. The maximum Gasteiger partial charge on any atom is 0.267 e. The number of amides is 1. The Morgan fingerprint density at radius 3 is 2.60 bits per heavy atom. The third-order valence-electron chi connectivity index (χ3n) is 3.44. The van der Waals surface area contributed by atoms with Crippen molar-refractivity contribution in [3.8, 4) is 5.75 Å². The average molecular weight is 374 g/mol. The highest BCUT2D eigenvalue weighted by molar-refractivity contribution is 7.17. The van der Waals surface area contributed by atoms with Gasteiger partial charge in [0, 0.05) is 11.4 Å². The van der Waals surface area contributed by atoms with Crippen molar-refractivity contribution in [2.75, 3.05) is 17.7 Å². The van der Waals surface area contributed by atoms with E-state index in [4.69, 9.17) is 16.3 Å². The number of aromatic nitrogens is 1. The van der Waals surface area contributed by atoms with Crippen molar-refractivity contribution in [2.24, 2.45) is 0 Å². The Kier molecular flexibility index (Phi) is 5.21. The van der Waals surface area contributed by atoms with Gasteiger partial charge in [0.05, 0.1) is 17.8 Å². The lowest BCUT2D eigenvalue weighted by atomic mass is 10.3. The first kappa shape index (κ1) is 17.3. The molecule has 0 aliphatic carbocycles. The van der Waals surface area contributed by atoms with Crippen LogP contribution in [0.15, 0.2) is 48.5 Å². The summed E-state index contributed by atoms with van der Waals surface area (Å²) in [6, 6.07) is 14.8. The van der Waals surface area contributed by atoms with Crippen molar-refractivity contribution in [1.82, 2.24) is 4.98 Å². The Balaban J connectivity index is 1.75. The van der Waals surface area contributed by atoms with Crippen molar-refractivity contribution in [1.29, 1.82) is 0 Å². The number of anilines is 3. The zero-order valence-electron chi connectivity index (χ0n) is 13.7. The summed E-state index contributed by atoms with van der Waals surface area (Å²) < 4.78 is 5.11. The van der Waals surface area contributed by atoms with Crippen LogP contribution in [0.4, 0.5) is 16.5 Å². The summed E-state index contributed by atoms with van der Waals surface area (Å²) in [7, 11) is 1.54. The third-order valence-corrected chi connectivity index (χ3v) is 4.80. The van der Waals surface area contributed by atoms with Crippen LogP contribution in [-0.2, 0) is 0 Å². The second-order valence-corrected chi connectivity index (χ2v) is 6.63. The molecule has 25 heavy (non-hydrogen) atoms. The molecule has 3 rings (SSSR count). The molecule has 1 aromatic heterocycles. The van der Waals surface area contributed by atoms with Gasteiger partial charge in [-0.25, -0.2) is 4.98 Å². The van der Waals surface area contributed by atoms with E-state index < -0.39 is 0 Å². The highest BCUT2D eigenvalue weighted by Gasteiger charge is 2.16. The topological polar surface area (TPSA) is 63.2 Å². The van der Waals surface area contributed by atoms with Crippen LogP contribution in [0, 0.1) is 6.92 Å². The molecule has 7 heteroatoms. The number of benzene rings is 2. The second kappa shape index (κ2) is 7.55. The zero-order valence-corrected chi connectivity index (χ0v) is 15.2. The molecule has 0 unspecified atom stereocenters. The van der Waals surface area contributed by atoms with Gasteiger partial charge in [0.25, 0.3) is 5.91 Å². The van der Waals surface area contributed by atoms with Crippen LogP contribution in [0.25, 0.3) is 0 Å². The van der Waals surface area contributed by atoms with Crippen molar-refractivity contribution < 1.29 is 9.53 Å². The minimum atomic E-state index is -0.225. The number of nitrogens with one attached hydrogen (secondary N) is 2. The van der Waals surface area contributed by atoms with E-state index in [2.05, 4.69) is 15.6 Å². The molecule has 0 saturated carbocycles. The van der Waals surface area contributed by atoms with Crippen LogP contribution < -0.4 is 15.4 Å². The summed E-state index contributed by atoms with van der Waals surface area (Å²) in [5, 5.41) is 7.14. The number of nitrogens with zero attached hydrogens (tertiary/aromatic N) is 1. The predicted octanol–water partition coefficient (Wildman–Crippen LogP) is 5.11. The number of carbonyl (C=O) groups excluding carboxylic acids is 1. The molecule has 0 aliphatic rings. The molecule has 1 heterocycles. The molecular weight excluding hydrogens is 358 g/mol. The van der Waals surface area contributed by atoms with Gasteiger partial charge in [0.2, 0.25) is 0 Å². The fraction of sp³-hybridized carbons (Fsp3) is 0.111. The van der Waals surface area contributed by atoms with Gasteiger partial charge in [-0.05, 0) is 37.3 Å². The molecule has 0 atom stereocenters. The normalized spacial score (nSPS) is 10.4. The van der Waals surface area contributed by atoms with Crippen molar-refractivity contribution in [3.63, 3.8) is 0 Å². The Morgan fingerprint density at radius 1 is 1.16 bits per heavy atom. The fourth-order valence-corrected chi connectivity index (χ4v) is 3.38. The minimum Gasteiger partial charge on any atom is -0.495 e. The summed E-state index contributed by atoms with van der Waals surface area (Å²) in [4.78, 5) is 17.5. The van der Waals surface area contributed by atoms with E-state index in [9.17, 15) is 4.79 Å². The summed E-state index contributed by atoms with van der Waals surface area (Å²) in [5.41, 5.74) is 2.19. The summed E-state index contributed by atoms with van der Waals surface area (Å²) in [5.74, 6) is 0.334. The van der Waals surface area contributed by atoms with E-state index in [1.807, 2.05) is 37.3 Å². The number of hydrogen-bond acceptors (Lipinski definition) is 5. The molecular formula is C18H16ClN3O2S. The van der Waals surface area contributed by atoms with E-state index in [-0.39, 0.29) is 5.91 Å². The average Bonchev–Trinajstić information content (AvgIpc) is 2.96. The van der Waals surface area contributed by atoms with Crippen LogP contribution in [0.2, 0.25) is 5.02 Å². The standard InChI is InChI=1S/C18H16ClN3O2S/c1-11-16(25-18(20-11)22-12-6-4-3-5-7-12)17(23)21-13-8-9-15(24-2)14(19)10-13/h3-10H,1-2H3,(H,20,22)(H,21,23). The number of carbonyl (C=O) groups is 1. The van der Waals surface area contributed by atoms with E-state index in [1.54, 1.807) is 25.3 Å². The van der Waals surface area contributed by atoms with Crippen molar-refractivity contribution >= 4 is 45.4 Å². The largest absolute Gasteiger partial charge is 0.495 e. The van der Waals surface area contributed by atoms with Crippen molar-refractivity contribution in [3.05, 3.63) is 64.1 Å². The summed E-state index contributed by atoms with van der Waals surface area (Å²) >= 11 is 7.39. The molecule has 5 nitrogen and oxygen atoms in total. The molecule has 0 spiro atoms. The van der Waals surface area contributed by atoms with Gasteiger partial charge in [-0.3, -0.25) is 4.79 Å². The Bertz CT molecular complexity index is 897. The van der Waals surface area contributed by atoms with E-state index in [0.29, 0.717) is 32.2 Å². The monoisotopic (exact) mass is 373 g/mol. The lowest BCUT2D eigenvalue weighted by molar-refractivity contribution is 0.103. The van der Waals surface area contributed by atoms with Crippen LogP contribution in [0.5, 0.6) is 5.75 Å². The third kappa shape index (κ3) is 4.10. The first-order valence-electron chi connectivity index (χ1n) is 7.51. The lowest BCUT2D eigenvalue weighted by Gasteiger charge is -2.07. The first-order chi connectivity index (χ1) is 12.1. The molecule has 128 valence electrons. The van der Waals surface area contributed by atoms with Gasteiger partial charge in [-0.15, -0.1) is 0 Å². The number of ether oxygens (including phenoxy) is 1. The maximum atomic E-state index is 12.5. The number of aryl methyl sites for hydroxylation is 1. The molecule has 2 N–H and O–H groups in total. The zero-order chi connectivity index (χ0) is 17.8. The molecule has 3 aromatic rings. The number of thiazole rings is 1. The van der Waals surface area contributed by atoms with Gasteiger partial charge < -0.3 is 15.4 Å². The maximum absolute atomic E-state index is 12.5. The molecule has 0 bridgehead atoms. The van der Waals surface area contributed by atoms with Gasteiger partial charge in [0.15, 0.2) is 5.13 Å². The highest BCUT2D eigenvalue weighted by Crippen LogP contribution is 2.29. The number of hydrogen-bond donors (Lipinski definition) is 2. The van der Waals surface area contributed by atoms with E-state index in [1.165, 1.54) is 11.3 Å². The van der Waals surface area contributed by atoms with Crippen molar-refractivity contribution in [2.45, 2.75) is 6.92 Å². The molecule has 0 saturated heterocycles. The van der Waals surface area contributed by atoms with E-state index in [0.717, 1.165) is 5.69 Å². The minimum absolute atomic E-state index is 0.225. The smallest absolute Gasteiger partial charge is 0.267 e. The number of rotatable bonds is 5. The number of para-hydroxylation sites is 1. The summed E-state index contributed by atoms with van der Waals surface area (Å²) in [6.07, 6.45) is 0. The van der Waals surface area contributed by atoms with Gasteiger partial charge in [-0.1, -0.05) is 41.1 Å². The SMILES string of the molecule is COc1ccc(NC(=O)c2sc(Nc3ccccc3)nc2C)cc1Cl. The molecule has 0 aliphatic heterocycles. The number of methoxy groups -OCH3 is 1. The van der Waals surface area contributed by atoms with E-state index >= 15 is 0 Å². The van der Waals surface area contributed by atoms with Gasteiger partial charge in [0.1, 0.15) is 10.6 Å². The predicted molar refractivity (Wildman–Crippen MR) is 103 cm³/mol. The highest BCUT2D eigenvalue weighted by atomic mass is 35.5. The molecule has 0 fully saturated rings. The number of halogens is 1. The Hall–Kier alpha value is -2.57. The van der Waals surface area contributed by atoms with Crippen LogP contribution in [0.1, 0.15) is 15.4 Å². The molecule has 0 radical (unpaired) electrons. The van der Waals surface area contributed by atoms with Gasteiger partial charge >= 0.3 is 0 Å². The Labute approximate surface area is 154 Å².